The second kappa shape index (κ2) is 8.23. The van der Waals surface area contributed by atoms with Crippen molar-refractivity contribution >= 4 is 43.8 Å². The van der Waals surface area contributed by atoms with Crippen LogP contribution in [0.15, 0.2) is 50.4 Å². The van der Waals surface area contributed by atoms with E-state index in [0.29, 0.717) is 11.4 Å². The zero-order chi connectivity index (χ0) is 18.6. The Labute approximate surface area is 160 Å². The molecule has 0 aliphatic rings. The molecule has 134 valence electrons. The molecule has 0 atom stereocenters. The highest BCUT2D eigenvalue weighted by Gasteiger charge is 2.29. The van der Waals surface area contributed by atoms with Crippen molar-refractivity contribution in [1.82, 2.24) is 0 Å². The first-order valence-electron chi connectivity index (χ1n) is 7.29. The van der Waals surface area contributed by atoms with Crippen LogP contribution in [0.25, 0.3) is 0 Å². The van der Waals surface area contributed by atoms with Crippen molar-refractivity contribution in [3.05, 3.63) is 56.5 Å². The fourth-order valence-electron chi connectivity index (χ4n) is 1.92. The average Bonchev–Trinajstić information content (AvgIpc) is 2.50. The quantitative estimate of drug-likeness (QED) is 0.394. The fourth-order valence-corrected chi connectivity index (χ4v) is 3.33. The van der Waals surface area contributed by atoms with Gasteiger partial charge >= 0.3 is 6.18 Å². The van der Waals surface area contributed by atoms with Gasteiger partial charge in [0.1, 0.15) is 5.75 Å². The normalized spacial score (nSPS) is 12.0. The van der Waals surface area contributed by atoms with Crippen LogP contribution in [-0.2, 0) is 6.18 Å². The number of hydrazone groups is 1. The highest BCUT2D eigenvalue weighted by atomic mass is 79.9. The molecular weight excluding hydrogens is 465 g/mol. The molecule has 0 aromatic heterocycles. The number of hydrogen-bond acceptors (Lipinski definition) is 3. The van der Waals surface area contributed by atoms with Crippen LogP contribution < -0.4 is 10.2 Å². The molecule has 0 aliphatic heterocycles. The molecule has 0 saturated carbocycles. The minimum absolute atomic E-state index is 0.0356. The molecule has 0 heterocycles. The van der Waals surface area contributed by atoms with Gasteiger partial charge in [0.25, 0.3) is 0 Å². The third kappa shape index (κ3) is 5.74. The summed E-state index contributed by atoms with van der Waals surface area (Å²) in [5, 5.41) is 4.04. The fraction of sp³-hybridized carbons (Fsp3) is 0.235. The highest BCUT2D eigenvalue weighted by Crippen LogP contribution is 2.35. The number of alkyl halides is 3. The largest absolute Gasteiger partial charge is 0.489 e. The Morgan fingerprint density at radius 2 is 1.64 bits per heavy atom. The average molecular weight is 480 g/mol. The molecule has 8 heteroatoms. The number of halogens is 5. The molecule has 0 aliphatic carbocycles. The number of anilines is 1. The van der Waals surface area contributed by atoms with Crippen LogP contribution >= 0.6 is 31.9 Å². The van der Waals surface area contributed by atoms with Gasteiger partial charge in [-0.3, -0.25) is 5.43 Å². The lowest BCUT2D eigenvalue weighted by Gasteiger charge is -2.13. The Balaban J connectivity index is 2.07. The van der Waals surface area contributed by atoms with Gasteiger partial charge in [-0.05, 0) is 87.7 Å². The second-order valence-electron chi connectivity index (χ2n) is 5.43. The predicted molar refractivity (Wildman–Crippen MR) is 100 cm³/mol. The van der Waals surface area contributed by atoms with E-state index in [1.54, 1.807) is 6.21 Å². The van der Waals surface area contributed by atoms with Gasteiger partial charge in [0.15, 0.2) is 0 Å². The number of nitrogens with zero attached hydrogens (tertiary/aromatic N) is 1. The minimum atomic E-state index is -4.35. The van der Waals surface area contributed by atoms with Crippen molar-refractivity contribution in [1.29, 1.82) is 0 Å². The molecule has 0 unspecified atom stereocenters. The van der Waals surface area contributed by atoms with Gasteiger partial charge in [0.05, 0.1) is 32.5 Å². The van der Waals surface area contributed by atoms with Crippen LogP contribution in [0.4, 0.5) is 18.9 Å². The summed E-state index contributed by atoms with van der Waals surface area (Å²) in [7, 11) is 0. The molecule has 0 saturated heterocycles. The second-order valence-corrected chi connectivity index (χ2v) is 7.13. The molecule has 3 nitrogen and oxygen atoms in total. The Bertz CT molecular complexity index is 736. The van der Waals surface area contributed by atoms with E-state index in [1.165, 1.54) is 12.1 Å². The van der Waals surface area contributed by atoms with Crippen LogP contribution in [0.1, 0.15) is 25.0 Å². The summed E-state index contributed by atoms with van der Waals surface area (Å²) < 4.78 is 44.8. The lowest BCUT2D eigenvalue weighted by Crippen LogP contribution is -2.06. The molecule has 1 N–H and O–H groups in total. The van der Waals surface area contributed by atoms with Crippen LogP contribution in [0.3, 0.4) is 0 Å². The summed E-state index contributed by atoms with van der Waals surface area (Å²) >= 11 is 6.89. The van der Waals surface area contributed by atoms with Crippen LogP contribution in [-0.4, -0.2) is 12.3 Å². The first-order chi connectivity index (χ1) is 11.7. The van der Waals surface area contributed by atoms with Gasteiger partial charge in [-0.25, -0.2) is 0 Å². The molecule has 0 fully saturated rings. The molecule has 0 amide bonds. The summed E-state index contributed by atoms with van der Waals surface area (Å²) in [6.07, 6.45) is -2.75. The molecule has 0 radical (unpaired) electrons. The summed E-state index contributed by atoms with van der Waals surface area (Å²) in [5.41, 5.74) is 3.25. The Morgan fingerprint density at radius 1 is 1.08 bits per heavy atom. The van der Waals surface area contributed by atoms with Gasteiger partial charge < -0.3 is 4.74 Å². The van der Waals surface area contributed by atoms with Crippen LogP contribution in [0.5, 0.6) is 5.75 Å². The number of ether oxygens (including phenoxy) is 1. The smallest absolute Gasteiger partial charge is 0.416 e. The first-order valence-corrected chi connectivity index (χ1v) is 8.87. The van der Waals surface area contributed by atoms with Crippen molar-refractivity contribution in [2.75, 3.05) is 5.43 Å². The van der Waals surface area contributed by atoms with E-state index < -0.39 is 11.7 Å². The van der Waals surface area contributed by atoms with E-state index in [0.717, 1.165) is 26.6 Å². The number of benzene rings is 2. The number of nitrogens with one attached hydrogen (secondary N) is 1. The zero-order valence-electron chi connectivity index (χ0n) is 13.4. The maximum absolute atomic E-state index is 12.5. The summed E-state index contributed by atoms with van der Waals surface area (Å²) in [4.78, 5) is 0. The van der Waals surface area contributed by atoms with Crippen molar-refractivity contribution < 1.29 is 17.9 Å². The monoisotopic (exact) mass is 478 g/mol. The molecule has 0 bridgehead atoms. The zero-order valence-corrected chi connectivity index (χ0v) is 16.5. The van der Waals surface area contributed by atoms with Gasteiger partial charge in [-0.2, -0.15) is 18.3 Å². The van der Waals surface area contributed by atoms with Crippen LogP contribution in [0.2, 0.25) is 0 Å². The Morgan fingerprint density at radius 3 is 2.12 bits per heavy atom. The summed E-state index contributed by atoms with van der Waals surface area (Å²) in [5.74, 6) is 0.697. The minimum Gasteiger partial charge on any atom is -0.489 e. The lowest BCUT2D eigenvalue weighted by atomic mass is 10.2. The van der Waals surface area contributed by atoms with E-state index in [4.69, 9.17) is 4.74 Å². The predicted octanol–water partition coefficient (Wildman–Crippen LogP) is 6.46. The van der Waals surface area contributed by atoms with Crippen molar-refractivity contribution in [3.63, 3.8) is 0 Å². The van der Waals surface area contributed by atoms with E-state index in [2.05, 4.69) is 42.4 Å². The molecule has 2 aromatic rings. The Hall–Kier alpha value is -1.54. The van der Waals surface area contributed by atoms with Crippen molar-refractivity contribution in [2.24, 2.45) is 5.10 Å². The highest BCUT2D eigenvalue weighted by molar-refractivity contribution is 9.11. The third-order valence-corrected chi connectivity index (χ3v) is 4.17. The van der Waals surface area contributed by atoms with Gasteiger partial charge in [-0.15, -0.1) is 0 Å². The summed E-state index contributed by atoms with van der Waals surface area (Å²) in [6.45, 7) is 3.87. The van der Waals surface area contributed by atoms with Crippen molar-refractivity contribution in [3.8, 4) is 5.75 Å². The Kier molecular flexibility index (Phi) is 6.51. The van der Waals surface area contributed by atoms with Gasteiger partial charge in [0, 0.05) is 0 Å². The number of hydrogen-bond donors (Lipinski definition) is 1. The molecule has 25 heavy (non-hydrogen) atoms. The molecule has 2 rings (SSSR count). The van der Waals surface area contributed by atoms with E-state index in [1.807, 2.05) is 26.0 Å². The molecule has 0 spiro atoms. The first kappa shape index (κ1) is 19.8. The van der Waals surface area contributed by atoms with Crippen molar-refractivity contribution in [2.45, 2.75) is 26.1 Å². The number of rotatable bonds is 5. The van der Waals surface area contributed by atoms with E-state index in [9.17, 15) is 13.2 Å². The lowest BCUT2D eigenvalue weighted by molar-refractivity contribution is -0.137. The van der Waals surface area contributed by atoms with Gasteiger partial charge in [-0.1, -0.05) is 0 Å². The van der Waals surface area contributed by atoms with Crippen LogP contribution in [0, 0.1) is 0 Å². The molecule has 2 aromatic carbocycles. The maximum atomic E-state index is 12.5. The standard InChI is InChI=1S/C17H15Br2F3N2O/c1-10(2)25-16-14(18)7-11(8-15(16)19)9-23-24-13-5-3-12(4-6-13)17(20,21)22/h3-10,24H,1-2H3. The van der Waals surface area contributed by atoms with E-state index >= 15 is 0 Å². The molecular formula is C17H15Br2F3N2O. The SMILES string of the molecule is CC(C)Oc1c(Br)cc(C=NNc2ccc(C(F)(F)F)cc2)cc1Br. The van der Waals surface area contributed by atoms with Gasteiger partial charge in [0.2, 0.25) is 0 Å². The van der Waals surface area contributed by atoms with E-state index in [-0.39, 0.29) is 6.10 Å². The topological polar surface area (TPSA) is 33.6 Å². The summed E-state index contributed by atoms with van der Waals surface area (Å²) in [6, 6.07) is 8.32. The maximum Gasteiger partial charge on any atom is 0.416 e. The third-order valence-electron chi connectivity index (χ3n) is 2.99.